The minimum Gasteiger partial charge on any atom is -0.508 e. The van der Waals surface area contributed by atoms with Gasteiger partial charge in [-0.15, -0.1) is 0 Å². The number of phenols is 1. The van der Waals surface area contributed by atoms with E-state index in [0.717, 1.165) is 49.7 Å². The summed E-state index contributed by atoms with van der Waals surface area (Å²) >= 11 is 0. The highest BCUT2D eigenvalue weighted by Crippen LogP contribution is 2.56. The highest BCUT2D eigenvalue weighted by Gasteiger charge is 2.58. The molecule has 2 aliphatic heterocycles. The molecule has 0 aromatic heterocycles. The molecule has 0 radical (unpaired) electrons. The fourth-order valence-electron chi connectivity index (χ4n) is 8.10. The normalized spacial score (nSPS) is 27.1. The summed E-state index contributed by atoms with van der Waals surface area (Å²) in [7, 11) is 4.32. The van der Waals surface area contributed by atoms with Gasteiger partial charge in [0.15, 0.2) is 0 Å². The molecular weight excluding hydrogens is 516 g/mol. The van der Waals surface area contributed by atoms with Crippen molar-refractivity contribution in [1.82, 2.24) is 9.80 Å². The van der Waals surface area contributed by atoms with Crippen LogP contribution in [0.1, 0.15) is 131 Å². The minimum atomic E-state index is -1.19. The molecule has 0 bridgehead atoms. The average Bonchev–Trinajstić information content (AvgIpc) is 2.84. The van der Waals surface area contributed by atoms with Gasteiger partial charge in [-0.1, -0.05) is 19.4 Å². The number of aromatic hydroxyl groups is 1. The van der Waals surface area contributed by atoms with Crippen molar-refractivity contribution in [1.29, 1.82) is 0 Å². The van der Waals surface area contributed by atoms with E-state index >= 15 is 0 Å². The molecular formula is C34H56N2O5. The number of hydrogen-bond donors (Lipinski definition) is 2. The Balaban J connectivity index is 2.35. The summed E-state index contributed by atoms with van der Waals surface area (Å²) in [5.41, 5.74) is 0.228. The number of aliphatic carboxylic acids is 1. The van der Waals surface area contributed by atoms with Crippen LogP contribution < -0.4 is 0 Å². The van der Waals surface area contributed by atoms with Crippen LogP contribution in [0, 0.1) is 5.92 Å². The summed E-state index contributed by atoms with van der Waals surface area (Å²) in [6, 6.07) is 5.54. The zero-order chi connectivity index (χ0) is 31.2. The van der Waals surface area contributed by atoms with Crippen LogP contribution in [0.5, 0.6) is 5.75 Å². The topological polar surface area (TPSA) is 90.3 Å². The molecule has 2 heterocycles. The molecule has 2 aliphatic rings. The lowest BCUT2D eigenvalue weighted by Gasteiger charge is -2.60. The van der Waals surface area contributed by atoms with E-state index in [4.69, 9.17) is 4.74 Å². The van der Waals surface area contributed by atoms with Crippen LogP contribution in [-0.4, -0.2) is 68.2 Å². The van der Waals surface area contributed by atoms with E-state index < -0.39 is 24.0 Å². The molecule has 7 heteroatoms. The highest BCUT2D eigenvalue weighted by atomic mass is 16.6. The average molecular weight is 573 g/mol. The van der Waals surface area contributed by atoms with Gasteiger partial charge < -0.3 is 14.9 Å². The number of likely N-dealkylation sites (tertiary alicyclic amines) is 2. The van der Waals surface area contributed by atoms with Crippen molar-refractivity contribution < 1.29 is 24.5 Å². The number of carboxylic acid groups (broad SMARTS) is 1. The Bertz CT molecular complexity index is 1120. The third kappa shape index (κ3) is 6.17. The Labute approximate surface area is 248 Å². The lowest BCUT2D eigenvalue weighted by molar-refractivity contribution is -0.192. The van der Waals surface area contributed by atoms with Gasteiger partial charge in [0, 0.05) is 34.0 Å². The predicted molar refractivity (Wildman–Crippen MR) is 164 cm³/mol. The van der Waals surface area contributed by atoms with Crippen LogP contribution in [0.2, 0.25) is 0 Å². The predicted octanol–water partition coefficient (Wildman–Crippen LogP) is 7.06. The van der Waals surface area contributed by atoms with E-state index in [1.54, 1.807) is 6.07 Å². The Morgan fingerprint density at radius 1 is 0.951 bits per heavy atom. The van der Waals surface area contributed by atoms with Gasteiger partial charge in [0.2, 0.25) is 0 Å². The molecule has 2 N–H and O–H groups in total. The maximum atomic E-state index is 13.4. The summed E-state index contributed by atoms with van der Waals surface area (Å²) in [5, 5.41) is 20.4. The van der Waals surface area contributed by atoms with Gasteiger partial charge in [-0.2, -0.15) is 0 Å². The van der Waals surface area contributed by atoms with Crippen molar-refractivity contribution in [2.45, 2.75) is 147 Å². The second-order valence-corrected chi connectivity index (χ2v) is 15.0. The van der Waals surface area contributed by atoms with Crippen LogP contribution in [0.15, 0.2) is 18.2 Å². The molecule has 2 saturated heterocycles. The fourth-order valence-corrected chi connectivity index (χ4v) is 8.10. The van der Waals surface area contributed by atoms with Gasteiger partial charge in [-0.05, 0) is 131 Å². The molecule has 7 nitrogen and oxygen atoms in total. The molecule has 0 spiro atoms. The second-order valence-electron chi connectivity index (χ2n) is 15.0. The van der Waals surface area contributed by atoms with Crippen LogP contribution in [-0.2, 0) is 19.9 Å². The van der Waals surface area contributed by atoms with Crippen molar-refractivity contribution >= 4 is 11.9 Å². The number of hydrogen-bond acceptors (Lipinski definition) is 6. The minimum absolute atomic E-state index is 0.0178. The Hall–Kier alpha value is -2.12. The van der Waals surface area contributed by atoms with Crippen molar-refractivity contribution in [3.8, 4) is 5.75 Å². The van der Waals surface area contributed by atoms with Crippen LogP contribution >= 0.6 is 0 Å². The number of ether oxygens (including phenoxy) is 1. The molecule has 1 aromatic rings. The maximum Gasteiger partial charge on any atom is 0.318 e. The summed E-state index contributed by atoms with van der Waals surface area (Å²) in [6.45, 7) is 20.2. The molecule has 3 rings (SSSR count). The van der Waals surface area contributed by atoms with Crippen LogP contribution in [0.25, 0.3) is 0 Å². The van der Waals surface area contributed by atoms with E-state index in [1.807, 2.05) is 12.1 Å². The monoisotopic (exact) mass is 572 g/mol. The van der Waals surface area contributed by atoms with Crippen molar-refractivity contribution in [3.63, 3.8) is 0 Å². The van der Waals surface area contributed by atoms with Gasteiger partial charge in [-0.3, -0.25) is 19.4 Å². The van der Waals surface area contributed by atoms with E-state index in [0.29, 0.717) is 6.42 Å². The van der Waals surface area contributed by atoms with E-state index in [2.05, 4.69) is 86.2 Å². The summed E-state index contributed by atoms with van der Waals surface area (Å²) in [4.78, 5) is 29.9. The number of likely N-dealkylation sites (N-methyl/N-ethyl adjacent to an activating group) is 1. The van der Waals surface area contributed by atoms with Gasteiger partial charge in [0.25, 0.3) is 0 Å². The van der Waals surface area contributed by atoms with E-state index in [-0.39, 0.29) is 39.7 Å². The first kappa shape index (κ1) is 33.4. The lowest BCUT2D eigenvalue weighted by atomic mass is 9.60. The number of unbranched alkanes of at least 4 members (excludes halogenated alkanes) is 1. The second kappa shape index (κ2) is 11.5. The molecule has 1 aromatic carbocycles. The van der Waals surface area contributed by atoms with E-state index in [1.165, 1.54) is 0 Å². The van der Waals surface area contributed by atoms with Gasteiger partial charge in [0.1, 0.15) is 17.8 Å². The van der Waals surface area contributed by atoms with Crippen molar-refractivity contribution in [2.24, 2.45) is 5.92 Å². The van der Waals surface area contributed by atoms with Gasteiger partial charge in [0.05, 0.1) is 0 Å². The first-order chi connectivity index (χ1) is 18.7. The number of carbonyl (C=O) groups excluding carboxylic acids is 1. The zero-order valence-corrected chi connectivity index (χ0v) is 27.6. The third-order valence-electron chi connectivity index (χ3n) is 11.3. The van der Waals surface area contributed by atoms with Crippen LogP contribution in [0.3, 0.4) is 0 Å². The van der Waals surface area contributed by atoms with Gasteiger partial charge in [-0.25, -0.2) is 0 Å². The maximum absolute atomic E-state index is 13.4. The number of piperidine rings is 2. The van der Waals surface area contributed by atoms with Gasteiger partial charge >= 0.3 is 11.9 Å². The Morgan fingerprint density at radius 2 is 1.51 bits per heavy atom. The standard InChI is InChI=1S/C34H56N2O5/c1-12-13-18-34(41-29(40)22-28(38)39,27-17-20-31(4,5)36(11)33(27,8)9)26-15-14-23(37)21-24(26)25-16-19-30(2,3)35(10)32(25,6)7/h14-15,21,25,27,37H,12-13,16-20,22H2,1-11H3,(H,38,39). The number of rotatable bonds is 9. The molecule has 3 unspecified atom stereocenters. The molecule has 0 aliphatic carbocycles. The molecule has 3 atom stereocenters. The number of esters is 1. The molecule has 0 amide bonds. The van der Waals surface area contributed by atoms with Crippen molar-refractivity contribution in [3.05, 3.63) is 29.3 Å². The summed E-state index contributed by atoms with van der Waals surface area (Å²) < 4.78 is 6.59. The molecule has 232 valence electrons. The van der Waals surface area contributed by atoms with Crippen LogP contribution in [0.4, 0.5) is 0 Å². The number of phenolic OH excluding ortho intramolecular Hbond substituents is 1. The lowest BCUT2D eigenvalue weighted by Crippen LogP contribution is -2.65. The third-order valence-corrected chi connectivity index (χ3v) is 11.3. The number of carbonyl (C=O) groups is 2. The quantitative estimate of drug-likeness (QED) is 0.242. The molecule has 41 heavy (non-hydrogen) atoms. The largest absolute Gasteiger partial charge is 0.508 e. The smallest absolute Gasteiger partial charge is 0.318 e. The Kier molecular flexibility index (Phi) is 9.38. The SMILES string of the molecule is CCCCC(OC(=O)CC(=O)O)(c1ccc(O)cc1C1CCC(C)(C)N(C)C1(C)C)C1CCC(C)(C)N(C)C1(C)C. The number of benzene rings is 1. The first-order valence-electron chi connectivity index (χ1n) is 15.5. The fraction of sp³-hybridized carbons (Fsp3) is 0.765. The zero-order valence-electron chi connectivity index (χ0n) is 27.6. The van der Waals surface area contributed by atoms with Crippen molar-refractivity contribution in [2.75, 3.05) is 14.1 Å². The summed E-state index contributed by atoms with van der Waals surface area (Å²) in [6.07, 6.45) is 5.30. The molecule has 0 saturated carbocycles. The molecule has 2 fully saturated rings. The number of nitrogens with zero attached hydrogens (tertiary/aromatic N) is 2. The van der Waals surface area contributed by atoms with E-state index in [9.17, 15) is 19.8 Å². The summed E-state index contributed by atoms with van der Waals surface area (Å²) in [5.74, 6) is -1.74. The number of carboxylic acids is 1. The first-order valence-corrected chi connectivity index (χ1v) is 15.5. The highest BCUT2D eigenvalue weighted by molar-refractivity contribution is 5.90. The Morgan fingerprint density at radius 3 is 2.07 bits per heavy atom.